The molecule has 29 heavy (non-hydrogen) atoms. The molecule has 5 rings (SSSR count). The minimum absolute atomic E-state index is 0.00537. The van der Waals surface area contributed by atoms with Crippen LogP contribution in [0, 0.1) is 50.6 Å². The fraction of sp³-hybridized carbons (Fsp3) is 0.857. The highest BCUT2D eigenvalue weighted by Crippen LogP contribution is 2.50. The van der Waals surface area contributed by atoms with Gasteiger partial charge in [-0.3, -0.25) is 9.69 Å². The van der Waals surface area contributed by atoms with E-state index >= 15 is 0 Å². The molecule has 6 bridgehead atoms. The van der Waals surface area contributed by atoms with Crippen molar-refractivity contribution in [3.8, 4) is 0 Å². The van der Waals surface area contributed by atoms with Crippen LogP contribution in [0.2, 0.25) is 0 Å². The highest BCUT2D eigenvalue weighted by atomic mass is 16.7. The van der Waals surface area contributed by atoms with Crippen LogP contribution >= 0.6 is 0 Å². The van der Waals surface area contributed by atoms with Gasteiger partial charge in [-0.1, -0.05) is 25.0 Å². The summed E-state index contributed by atoms with van der Waals surface area (Å²) in [4.78, 5) is 70.3. The third-order valence-electron chi connectivity index (χ3n) is 5.19. The summed E-state index contributed by atoms with van der Waals surface area (Å²) in [5.41, 5.74) is 0. The van der Waals surface area contributed by atoms with E-state index in [4.69, 9.17) is 0 Å². The van der Waals surface area contributed by atoms with Gasteiger partial charge in [-0.25, -0.2) is 50.6 Å². The molecule has 22 nitrogen and oxygen atoms in total. The van der Waals surface area contributed by atoms with E-state index in [1.807, 2.05) is 0 Å². The molecule has 5 fully saturated rings. The monoisotopic (exact) mass is 421 g/mol. The average Bonchev–Trinajstić information content (AvgIpc) is 3.04. The first-order valence-electron chi connectivity index (χ1n) is 7.42. The van der Waals surface area contributed by atoms with Gasteiger partial charge in [0.05, 0.1) is 0 Å². The Labute approximate surface area is 155 Å². The summed E-state index contributed by atoms with van der Waals surface area (Å²) in [6, 6.07) is 0. The Bertz CT molecular complexity index is 808. The number of piperazine rings is 1. The second-order valence-corrected chi connectivity index (χ2v) is 6.12. The van der Waals surface area contributed by atoms with Crippen molar-refractivity contribution < 1.29 is 30.0 Å². The largest absolute Gasteiger partial charge is 0.286 e. The summed E-state index contributed by atoms with van der Waals surface area (Å²) in [7, 11) is 0. The molecule has 5 saturated heterocycles. The van der Waals surface area contributed by atoms with Crippen LogP contribution in [0.25, 0.3) is 0 Å². The van der Waals surface area contributed by atoms with Crippen molar-refractivity contribution in [2.24, 2.45) is 0 Å². The van der Waals surface area contributed by atoms with Crippen molar-refractivity contribution >= 4 is 6.41 Å². The molecule has 0 N–H and O–H groups in total. The molecule has 0 saturated carbocycles. The van der Waals surface area contributed by atoms with Gasteiger partial charge in [0.25, 0.3) is 24.7 Å². The van der Waals surface area contributed by atoms with Gasteiger partial charge in [-0.15, -0.1) is 0 Å². The van der Waals surface area contributed by atoms with Gasteiger partial charge in [0, 0.05) is 0 Å². The second kappa shape index (κ2) is 5.26. The number of rotatable bonds is 6. The lowest BCUT2D eigenvalue weighted by Gasteiger charge is -2.43. The maximum absolute atomic E-state index is 11.7. The van der Waals surface area contributed by atoms with Gasteiger partial charge in [0.2, 0.25) is 18.7 Å². The van der Waals surface area contributed by atoms with Crippen molar-refractivity contribution in [3.05, 3.63) is 50.6 Å². The first-order valence-corrected chi connectivity index (χ1v) is 7.42. The lowest BCUT2D eigenvalue weighted by Crippen LogP contribution is -2.75. The molecule has 0 radical (unpaired) electrons. The zero-order chi connectivity index (χ0) is 21.5. The minimum Gasteiger partial charge on any atom is -0.286 e. The topological polar surface area (TPSA) is 252 Å². The average molecular weight is 421 g/mol. The molecule has 156 valence electrons. The fourth-order valence-electron chi connectivity index (χ4n) is 4.46. The van der Waals surface area contributed by atoms with E-state index in [1.165, 1.54) is 0 Å². The molecule has 0 aromatic rings. The number of nitrogens with zero attached hydrogens (tertiary/aromatic N) is 11. The highest BCUT2D eigenvalue weighted by Gasteiger charge is 2.87. The first-order chi connectivity index (χ1) is 13.6. The first kappa shape index (κ1) is 17.9. The van der Waals surface area contributed by atoms with Crippen LogP contribution in [0.5, 0.6) is 0 Å². The molecule has 1 amide bonds. The molecule has 0 aromatic carbocycles. The van der Waals surface area contributed by atoms with E-state index in [9.17, 15) is 55.4 Å². The lowest BCUT2D eigenvalue weighted by molar-refractivity contribution is -0.755. The molecule has 0 aromatic heterocycles. The Balaban J connectivity index is 2.10. The predicted molar refractivity (Wildman–Crippen MR) is 74.8 cm³/mol. The molecular formula is C7H7N11O11. The third-order valence-corrected chi connectivity index (χ3v) is 5.19. The summed E-state index contributed by atoms with van der Waals surface area (Å²) in [5, 5.41) is 51.7. The molecule has 22 heteroatoms. The Kier molecular flexibility index (Phi) is 3.24. The van der Waals surface area contributed by atoms with E-state index in [2.05, 4.69) is 0 Å². The van der Waals surface area contributed by atoms with Gasteiger partial charge >= 0.3 is 0 Å². The van der Waals surface area contributed by atoms with Crippen LogP contribution in [0.4, 0.5) is 0 Å². The lowest BCUT2D eigenvalue weighted by atomic mass is 10.1. The Morgan fingerprint density at radius 2 is 0.690 bits per heavy atom. The van der Waals surface area contributed by atoms with Crippen molar-refractivity contribution in [2.75, 3.05) is 0 Å². The van der Waals surface area contributed by atoms with Crippen LogP contribution in [0.1, 0.15) is 0 Å². The number of hydrogen-bond acceptors (Lipinski definition) is 11. The number of nitro groups is 5. The maximum atomic E-state index is 11.7. The van der Waals surface area contributed by atoms with Crippen molar-refractivity contribution in [2.45, 2.75) is 37.0 Å². The molecule has 5 heterocycles. The summed E-state index contributed by atoms with van der Waals surface area (Å²) in [6.45, 7) is 0. The number of hydrazine groups is 5. The Morgan fingerprint density at radius 3 is 0.897 bits per heavy atom. The Hall–Kier alpha value is -4.53. The summed E-state index contributed by atoms with van der Waals surface area (Å²) in [5.74, 6) is 0. The summed E-state index contributed by atoms with van der Waals surface area (Å²) in [6.07, 6.45) is -13.0. The van der Waals surface area contributed by atoms with Crippen LogP contribution in [0.3, 0.4) is 0 Å². The molecule has 6 atom stereocenters. The van der Waals surface area contributed by atoms with Gasteiger partial charge in [-0.2, -0.15) is 0 Å². The molecule has 0 aliphatic carbocycles. The van der Waals surface area contributed by atoms with Gasteiger partial charge in [0.1, 0.15) is 0 Å². The number of carbonyl (C=O) groups excluding carboxylic acids is 1. The molecule has 6 unspecified atom stereocenters. The maximum Gasteiger partial charge on any atom is 0.272 e. The van der Waals surface area contributed by atoms with Crippen molar-refractivity contribution in [1.82, 2.24) is 29.9 Å². The SMILES string of the molecule is O=CN1C2C3N([N+](=O)[O-])C(C4N([N+](=O)[O-])C1C(N4[N+](=O)[O-])N3[N+](=O)[O-])N2[N+](=O)[O-]. The van der Waals surface area contributed by atoms with E-state index in [1.54, 1.807) is 0 Å². The zero-order valence-electron chi connectivity index (χ0n) is 13.5. The smallest absolute Gasteiger partial charge is 0.272 e. The van der Waals surface area contributed by atoms with Gasteiger partial charge in [0.15, 0.2) is 25.2 Å². The number of hydrogen-bond donors (Lipinski definition) is 0. The van der Waals surface area contributed by atoms with Gasteiger partial charge in [-0.05, 0) is 0 Å². The standard InChI is InChI=1S/C7H7N11O11/c19-1-8-2-4-11(16(24)25)5-3(8)10(15(22)23)7(13(5)18(28)29)6(9(2)14(20)21)12(4)17(26)27/h1-7H. The summed E-state index contributed by atoms with van der Waals surface area (Å²) < 4.78 is 0. The quantitative estimate of drug-likeness (QED) is 0.224. The molecular weight excluding hydrogens is 414 g/mol. The normalized spacial score (nSPS) is 33.9. The highest BCUT2D eigenvalue weighted by molar-refractivity contribution is 5.50. The van der Waals surface area contributed by atoms with Crippen LogP contribution in [0.15, 0.2) is 0 Å². The summed E-state index contributed by atoms with van der Waals surface area (Å²) >= 11 is 0. The van der Waals surface area contributed by atoms with Crippen LogP contribution in [-0.2, 0) is 4.79 Å². The van der Waals surface area contributed by atoms with Crippen LogP contribution in [-0.4, -0.2) is 98.5 Å². The second-order valence-electron chi connectivity index (χ2n) is 6.12. The fourth-order valence-corrected chi connectivity index (χ4v) is 4.46. The van der Waals surface area contributed by atoms with E-state index < -0.39 is 62.2 Å². The Morgan fingerprint density at radius 1 is 0.483 bits per heavy atom. The third kappa shape index (κ3) is 1.80. The molecule has 5 aliphatic rings. The van der Waals surface area contributed by atoms with E-state index in [-0.39, 0.29) is 31.5 Å². The zero-order valence-corrected chi connectivity index (χ0v) is 13.5. The predicted octanol–water partition coefficient (Wildman–Crippen LogP) is -4.08. The van der Waals surface area contributed by atoms with Crippen molar-refractivity contribution in [1.29, 1.82) is 0 Å². The van der Waals surface area contributed by atoms with E-state index in [0.717, 1.165) is 0 Å². The molecule has 5 aliphatic heterocycles. The minimum atomic E-state index is -2.31. The van der Waals surface area contributed by atoms with E-state index in [0.29, 0.717) is 4.90 Å². The van der Waals surface area contributed by atoms with Crippen LogP contribution < -0.4 is 0 Å². The van der Waals surface area contributed by atoms with Crippen molar-refractivity contribution in [3.63, 3.8) is 0 Å². The molecule has 0 spiro atoms. The number of carbonyl (C=O) groups is 1. The van der Waals surface area contributed by atoms with Gasteiger partial charge < -0.3 is 0 Å². The number of amides is 1.